The van der Waals surface area contributed by atoms with Crippen molar-refractivity contribution in [2.75, 3.05) is 12.9 Å². The molecular weight excluding hydrogens is 332 g/mol. The van der Waals surface area contributed by atoms with Gasteiger partial charge >= 0.3 is 5.97 Å². The summed E-state index contributed by atoms with van der Waals surface area (Å²) in [4.78, 5) is 15.7. The summed E-state index contributed by atoms with van der Waals surface area (Å²) in [6, 6.07) is 3.10. The predicted molar refractivity (Wildman–Crippen MR) is 93.2 cm³/mol. The van der Waals surface area contributed by atoms with Crippen molar-refractivity contribution in [1.29, 1.82) is 0 Å². The summed E-state index contributed by atoms with van der Waals surface area (Å²) in [7, 11) is -3.83. The van der Waals surface area contributed by atoms with Crippen LogP contribution in [0.25, 0.3) is 0 Å². The number of hydrogen-bond acceptors (Lipinski definition) is 5. The van der Waals surface area contributed by atoms with Crippen LogP contribution in [0.3, 0.4) is 0 Å². The molecule has 1 unspecified atom stereocenters. The number of pyridine rings is 1. The number of ether oxygens (including phenoxy) is 1. The van der Waals surface area contributed by atoms with Gasteiger partial charge in [0.2, 0.25) is 10.0 Å². The summed E-state index contributed by atoms with van der Waals surface area (Å²) >= 11 is 0. The van der Waals surface area contributed by atoms with Crippen LogP contribution in [0.15, 0.2) is 36.7 Å². The first-order valence-corrected chi connectivity index (χ1v) is 12.6. The van der Waals surface area contributed by atoms with Crippen LogP contribution in [0, 0.1) is 0 Å². The Morgan fingerprint density at radius 3 is 2.57 bits per heavy atom. The molecule has 0 saturated heterocycles. The van der Waals surface area contributed by atoms with Crippen LogP contribution in [-0.2, 0) is 19.6 Å². The second kappa shape index (κ2) is 7.85. The van der Waals surface area contributed by atoms with Gasteiger partial charge in [-0.15, -0.1) is 0 Å². The highest BCUT2D eigenvalue weighted by Gasteiger charge is 2.27. The van der Waals surface area contributed by atoms with E-state index in [0.29, 0.717) is 11.6 Å². The van der Waals surface area contributed by atoms with E-state index in [-0.39, 0.29) is 11.3 Å². The number of carbonyl (C=O) groups excluding carboxylic acids is 1. The Kier molecular flexibility index (Phi) is 6.66. The van der Waals surface area contributed by atoms with Crippen molar-refractivity contribution in [2.45, 2.75) is 31.7 Å². The molecule has 0 fully saturated rings. The quantitative estimate of drug-likeness (QED) is 0.438. The van der Waals surface area contributed by atoms with Crippen molar-refractivity contribution in [1.82, 2.24) is 9.71 Å². The van der Waals surface area contributed by atoms with E-state index in [1.807, 2.05) is 0 Å². The largest absolute Gasteiger partial charge is 0.466 e. The second-order valence-electron chi connectivity index (χ2n) is 6.48. The average Bonchev–Trinajstić information content (AvgIpc) is 2.49. The minimum atomic E-state index is -3.56. The van der Waals surface area contributed by atoms with E-state index in [2.05, 4.69) is 40.7 Å². The Labute approximate surface area is 139 Å². The molecule has 6 nitrogen and oxygen atoms in total. The van der Waals surface area contributed by atoms with Crippen molar-refractivity contribution in [3.05, 3.63) is 42.2 Å². The zero-order chi connectivity index (χ0) is 17.7. The third kappa shape index (κ3) is 6.63. The van der Waals surface area contributed by atoms with Crippen LogP contribution >= 0.6 is 0 Å². The molecule has 1 rings (SSSR count). The molecule has 23 heavy (non-hydrogen) atoms. The van der Waals surface area contributed by atoms with Gasteiger partial charge in [0, 0.05) is 20.5 Å². The minimum absolute atomic E-state index is 0.0218. The van der Waals surface area contributed by atoms with Crippen molar-refractivity contribution < 1.29 is 17.9 Å². The van der Waals surface area contributed by atoms with Gasteiger partial charge in [-0.3, -0.25) is 4.98 Å². The molecule has 1 heterocycles. The Morgan fingerprint density at radius 1 is 1.43 bits per heavy atom. The number of sulfonamides is 1. The van der Waals surface area contributed by atoms with Gasteiger partial charge in [-0.1, -0.05) is 32.3 Å². The van der Waals surface area contributed by atoms with Crippen LogP contribution < -0.4 is 4.72 Å². The summed E-state index contributed by atoms with van der Waals surface area (Å²) in [6.07, 6.45) is 3.07. The van der Waals surface area contributed by atoms with E-state index in [4.69, 9.17) is 0 Å². The molecule has 8 heteroatoms. The molecule has 0 aliphatic carbocycles. The maximum absolute atomic E-state index is 12.4. The number of nitrogens with zero attached hydrogens (tertiary/aromatic N) is 1. The first-order valence-electron chi connectivity index (χ1n) is 7.23. The maximum atomic E-state index is 12.4. The SMILES string of the molecule is C=C(C(=O)OC)C(NS(=O)(=O)CC[Si](C)(C)C)c1cccnc1. The fourth-order valence-electron chi connectivity index (χ4n) is 1.82. The number of carbonyl (C=O) groups is 1. The highest BCUT2D eigenvalue weighted by molar-refractivity contribution is 7.89. The van der Waals surface area contributed by atoms with Gasteiger partial charge in [0.1, 0.15) is 0 Å². The number of methoxy groups -OCH3 is 1. The standard InChI is InChI=1S/C15H24N2O4SSi/c1-12(15(18)21-2)14(13-7-6-8-16-11-13)17-22(19,20)9-10-23(3,4)5/h6-8,11,14,17H,1,9-10H2,2-5H3. The molecular formula is C15H24N2O4SSi. The first kappa shape index (κ1) is 19.5. The van der Waals surface area contributed by atoms with Gasteiger partial charge in [-0.25, -0.2) is 17.9 Å². The summed E-state index contributed by atoms with van der Waals surface area (Å²) in [5, 5.41) is 0. The van der Waals surface area contributed by atoms with E-state index in [1.54, 1.807) is 18.3 Å². The van der Waals surface area contributed by atoms with Gasteiger partial charge in [0.05, 0.1) is 24.5 Å². The zero-order valence-electron chi connectivity index (χ0n) is 14.0. The summed E-state index contributed by atoms with van der Waals surface area (Å²) in [6.45, 7) is 9.99. The molecule has 0 radical (unpaired) electrons. The summed E-state index contributed by atoms with van der Waals surface area (Å²) < 4.78 is 32.0. The third-order valence-electron chi connectivity index (χ3n) is 3.23. The van der Waals surface area contributed by atoms with Crippen molar-refractivity contribution >= 4 is 24.1 Å². The van der Waals surface area contributed by atoms with Gasteiger partial charge in [0.15, 0.2) is 0 Å². The first-order chi connectivity index (χ1) is 10.6. The molecule has 1 aromatic heterocycles. The Morgan fingerprint density at radius 2 is 2.09 bits per heavy atom. The van der Waals surface area contributed by atoms with E-state index in [9.17, 15) is 13.2 Å². The number of nitrogens with one attached hydrogen (secondary N) is 1. The summed E-state index contributed by atoms with van der Waals surface area (Å²) in [5.74, 6) is -0.639. The molecule has 0 amide bonds. The topological polar surface area (TPSA) is 85.4 Å². The monoisotopic (exact) mass is 356 g/mol. The van der Waals surface area contributed by atoms with E-state index < -0.39 is 30.1 Å². The number of rotatable bonds is 8. The molecule has 0 aliphatic rings. The van der Waals surface area contributed by atoms with E-state index >= 15 is 0 Å². The van der Waals surface area contributed by atoms with Crippen LogP contribution in [0.4, 0.5) is 0 Å². The molecule has 0 aliphatic heterocycles. The lowest BCUT2D eigenvalue weighted by Gasteiger charge is -2.21. The highest BCUT2D eigenvalue weighted by Crippen LogP contribution is 2.22. The van der Waals surface area contributed by atoms with Crippen molar-refractivity contribution in [3.63, 3.8) is 0 Å². The van der Waals surface area contributed by atoms with E-state index in [1.165, 1.54) is 13.3 Å². The normalized spacial score (nSPS) is 13.4. The molecule has 0 aromatic carbocycles. The van der Waals surface area contributed by atoms with Crippen molar-refractivity contribution in [2.24, 2.45) is 0 Å². The van der Waals surface area contributed by atoms with Crippen LogP contribution in [0.2, 0.25) is 25.7 Å². The lowest BCUT2D eigenvalue weighted by molar-refractivity contribution is -0.136. The van der Waals surface area contributed by atoms with Crippen molar-refractivity contribution in [3.8, 4) is 0 Å². The molecule has 0 saturated carbocycles. The third-order valence-corrected chi connectivity index (χ3v) is 6.68. The van der Waals surface area contributed by atoms with Gasteiger partial charge < -0.3 is 4.74 Å². The highest BCUT2D eigenvalue weighted by atomic mass is 32.2. The summed E-state index contributed by atoms with van der Waals surface area (Å²) in [5.41, 5.74) is 0.566. The zero-order valence-corrected chi connectivity index (χ0v) is 15.8. The Hall–Kier alpha value is -1.51. The van der Waals surface area contributed by atoms with Gasteiger partial charge in [-0.2, -0.15) is 0 Å². The van der Waals surface area contributed by atoms with Gasteiger partial charge in [-0.05, 0) is 17.7 Å². The smallest absolute Gasteiger partial charge is 0.335 e. The number of esters is 1. The minimum Gasteiger partial charge on any atom is -0.466 e. The molecule has 128 valence electrons. The molecule has 0 bridgehead atoms. The lowest BCUT2D eigenvalue weighted by atomic mass is 10.0. The average molecular weight is 357 g/mol. The fourth-order valence-corrected chi connectivity index (χ4v) is 6.09. The molecule has 1 N–H and O–H groups in total. The second-order valence-corrected chi connectivity index (χ2v) is 14.0. The van der Waals surface area contributed by atoms with Crippen LogP contribution in [0.5, 0.6) is 0 Å². The number of hydrogen-bond donors (Lipinski definition) is 1. The maximum Gasteiger partial charge on any atom is 0.335 e. The Balaban J connectivity index is 3.02. The van der Waals surface area contributed by atoms with Crippen LogP contribution in [0.1, 0.15) is 11.6 Å². The number of aromatic nitrogens is 1. The lowest BCUT2D eigenvalue weighted by Crippen LogP contribution is -2.35. The Bertz CT molecular complexity index is 654. The molecule has 0 spiro atoms. The van der Waals surface area contributed by atoms with Gasteiger partial charge in [0.25, 0.3) is 0 Å². The van der Waals surface area contributed by atoms with E-state index in [0.717, 1.165) is 0 Å². The van der Waals surface area contributed by atoms with Crippen LogP contribution in [-0.4, -0.2) is 40.3 Å². The molecule has 1 aromatic rings. The fraction of sp³-hybridized carbons (Fsp3) is 0.467. The predicted octanol–water partition coefficient (Wildman–Crippen LogP) is 2.11. The molecule has 1 atom stereocenters.